The molecule has 1 aromatic heterocycles. The van der Waals surface area contributed by atoms with Gasteiger partial charge in [-0.25, -0.2) is 8.78 Å². The van der Waals surface area contributed by atoms with Gasteiger partial charge in [-0.1, -0.05) is 0 Å². The van der Waals surface area contributed by atoms with E-state index in [2.05, 4.69) is 4.98 Å². The Morgan fingerprint density at radius 1 is 1.32 bits per heavy atom. The summed E-state index contributed by atoms with van der Waals surface area (Å²) >= 11 is 0. The Morgan fingerprint density at radius 2 is 1.95 bits per heavy atom. The standard InChI is InChI=1S/C14H20F2N2O/c1-10-8-17-12(11(2)13(10)19-3)9-18-6-4-14(15,16)5-7-18/h8H,4-7,9H2,1-3H3. The average molecular weight is 270 g/mol. The minimum atomic E-state index is -2.50. The molecule has 1 fully saturated rings. The van der Waals surface area contributed by atoms with E-state index in [9.17, 15) is 8.78 Å². The van der Waals surface area contributed by atoms with Gasteiger partial charge in [-0.2, -0.15) is 0 Å². The quantitative estimate of drug-likeness (QED) is 0.844. The maximum Gasteiger partial charge on any atom is 0.250 e. The molecule has 2 heterocycles. The fourth-order valence-corrected chi connectivity index (χ4v) is 2.48. The van der Waals surface area contributed by atoms with Crippen molar-refractivity contribution >= 4 is 0 Å². The number of aromatic nitrogens is 1. The second-order valence-electron chi connectivity index (χ2n) is 5.18. The molecule has 0 amide bonds. The Bertz CT molecular complexity index is 453. The zero-order valence-corrected chi connectivity index (χ0v) is 11.7. The van der Waals surface area contributed by atoms with Gasteiger partial charge in [0.1, 0.15) is 5.75 Å². The summed E-state index contributed by atoms with van der Waals surface area (Å²) in [7, 11) is 1.64. The number of aryl methyl sites for hydroxylation is 1. The van der Waals surface area contributed by atoms with Crippen molar-refractivity contribution in [3.05, 3.63) is 23.0 Å². The van der Waals surface area contributed by atoms with Crippen LogP contribution in [0.3, 0.4) is 0 Å². The molecule has 0 bridgehead atoms. The highest BCUT2D eigenvalue weighted by Crippen LogP contribution is 2.30. The second kappa shape index (κ2) is 5.41. The van der Waals surface area contributed by atoms with Gasteiger partial charge in [0.2, 0.25) is 0 Å². The smallest absolute Gasteiger partial charge is 0.250 e. The summed E-state index contributed by atoms with van der Waals surface area (Å²) in [4.78, 5) is 6.44. The molecule has 0 N–H and O–H groups in total. The number of piperidine rings is 1. The first kappa shape index (κ1) is 14.2. The Kier molecular flexibility index (Phi) is 4.04. The summed E-state index contributed by atoms with van der Waals surface area (Å²) in [6.45, 7) is 5.37. The second-order valence-corrected chi connectivity index (χ2v) is 5.18. The third-order valence-electron chi connectivity index (χ3n) is 3.71. The number of rotatable bonds is 3. The van der Waals surface area contributed by atoms with Gasteiger partial charge in [0.25, 0.3) is 5.92 Å². The van der Waals surface area contributed by atoms with E-state index in [-0.39, 0.29) is 12.8 Å². The van der Waals surface area contributed by atoms with Crippen molar-refractivity contribution in [3.63, 3.8) is 0 Å². The molecule has 1 aromatic rings. The molecule has 3 nitrogen and oxygen atoms in total. The Morgan fingerprint density at radius 3 is 2.53 bits per heavy atom. The highest BCUT2D eigenvalue weighted by atomic mass is 19.3. The van der Waals surface area contributed by atoms with E-state index in [1.54, 1.807) is 13.3 Å². The molecule has 1 aliphatic heterocycles. The van der Waals surface area contributed by atoms with Crippen LogP contribution in [-0.2, 0) is 6.54 Å². The first-order valence-electron chi connectivity index (χ1n) is 6.52. The van der Waals surface area contributed by atoms with Crippen LogP contribution in [0, 0.1) is 13.8 Å². The normalized spacial score (nSPS) is 19.4. The molecular formula is C14H20F2N2O. The van der Waals surface area contributed by atoms with Gasteiger partial charge in [0.15, 0.2) is 0 Å². The van der Waals surface area contributed by atoms with Crippen LogP contribution in [0.4, 0.5) is 8.78 Å². The number of ether oxygens (including phenoxy) is 1. The molecule has 0 spiro atoms. The minimum Gasteiger partial charge on any atom is -0.496 e. The number of hydrogen-bond donors (Lipinski definition) is 0. The van der Waals surface area contributed by atoms with Crippen molar-refractivity contribution in [2.75, 3.05) is 20.2 Å². The van der Waals surface area contributed by atoms with E-state index < -0.39 is 5.92 Å². The molecule has 0 radical (unpaired) electrons. The summed E-state index contributed by atoms with van der Waals surface area (Å²) in [5, 5.41) is 0. The Hall–Kier alpha value is -1.23. The van der Waals surface area contributed by atoms with Crippen LogP contribution in [-0.4, -0.2) is 36.0 Å². The summed E-state index contributed by atoms with van der Waals surface area (Å²) < 4.78 is 31.6. The Balaban J connectivity index is 2.08. The third-order valence-corrected chi connectivity index (χ3v) is 3.71. The van der Waals surface area contributed by atoms with Crippen LogP contribution in [0.2, 0.25) is 0 Å². The van der Waals surface area contributed by atoms with Crippen LogP contribution in [0.25, 0.3) is 0 Å². The van der Waals surface area contributed by atoms with Gasteiger partial charge < -0.3 is 4.74 Å². The molecule has 0 aliphatic carbocycles. The van der Waals surface area contributed by atoms with Crippen molar-refractivity contribution in [1.29, 1.82) is 0 Å². The van der Waals surface area contributed by atoms with Crippen LogP contribution < -0.4 is 4.74 Å². The maximum atomic E-state index is 13.1. The van der Waals surface area contributed by atoms with E-state index in [0.717, 1.165) is 22.6 Å². The fourth-order valence-electron chi connectivity index (χ4n) is 2.48. The summed E-state index contributed by atoms with van der Waals surface area (Å²) in [5.41, 5.74) is 2.90. The lowest BCUT2D eigenvalue weighted by molar-refractivity contribution is -0.0568. The molecule has 19 heavy (non-hydrogen) atoms. The number of hydrogen-bond acceptors (Lipinski definition) is 3. The zero-order chi connectivity index (χ0) is 14.0. The van der Waals surface area contributed by atoms with Gasteiger partial charge >= 0.3 is 0 Å². The first-order chi connectivity index (χ1) is 8.93. The van der Waals surface area contributed by atoms with Gasteiger partial charge in [0.05, 0.1) is 12.8 Å². The summed E-state index contributed by atoms with van der Waals surface area (Å²) in [6.07, 6.45) is 1.66. The topological polar surface area (TPSA) is 25.4 Å². The van der Waals surface area contributed by atoms with E-state index in [1.165, 1.54) is 0 Å². The van der Waals surface area contributed by atoms with E-state index in [0.29, 0.717) is 19.6 Å². The molecule has 1 saturated heterocycles. The SMILES string of the molecule is COc1c(C)cnc(CN2CCC(F)(F)CC2)c1C. The average Bonchev–Trinajstić information content (AvgIpc) is 2.36. The number of pyridine rings is 1. The Labute approximate surface area is 112 Å². The molecule has 0 aromatic carbocycles. The van der Waals surface area contributed by atoms with Crippen molar-refractivity contribution in [3.8, 4) is 5.75 Å². The zero-order valence-electron chi connectivity index (χ0n) is 11.7. The summed E-state index contributed by atoms with van der Waals surface area (Å²) in [6, 6.07) is 0. The maximum absolute atomic E-state index is 13.1. The molecule has 0 saturated carbocycles. The fraction of sp³-hybridized carbons (Fsp3) is 0.643. The van der Waals surface area contributed by atoms with Crippen molar-refractivity contribution < 1.29 is 13.5 Å². The highest BCUT2D eigenvalue weighted by molar-refractivity contribution is 5.41. The van der Waals surface area contributed by atoms with Gasteiger partial charge in [0, 0.05) is 49.8 Å². The molecule has 1 aliphatic rings. The summed E-state index contributed by atoms with van der Waals surface area (Å²) in [5.74, 6) is -1.66. The van der Waals surface area contributed by atoms with E-state index >= 15 is 0 Å². The highest BCUT2D eigenvalue weighted by Gasteiger charge is 2.34. The number of nitrogens with zero attached hydrogens (tertiary/aromatic N) is 2. The van der Waals surface area contributed by atoms with Gasteiger partial charge in [-0.15, -0.1) is 0 Å². The lowest BCUT2D eigenvalue weighted by Gasteiger charge is -2.31. The molecule has 0 atom stereocenters. The van der Waals surface area contributed by atoms with E-state index in [4.69, 9.17) is 4.74 Å². The van der Waals surface area contributed by atoms with Crippen LogP contribution in [0.1, 0.15) is 29.7 Å². The monoisotopic (exact) mass is 270 g/mol. The van der Waals surface area contributed by atoms with Crippen LogP contribution in [0.15, 0.2) is 6.20 Å². The van der Waals surface area contributed by atoms with Crippen molar-refractivity contribution in [2.45, 2.75) is 39.2 Å². The molecule has 5 heteroatoms. The van der Waals surface area contributed by atoms with Crippen LogP contribution >= 0.6 is 0 Å². The lowest BCUT2D eigenvalue weighted by atomic mass is 10.1. The lowest BCUT2D eigenvalue weighted by Crippen LogP contribution is -2.39. The molecular weight excluding hydrogens is 250 g/mol. The molecule has 2 rings (SSSR count). The predicted molar refractivity (Wildman–Crippen MR) is 69.7 cm³/mol. The molecule has 0 unspecified atom stereocenters. The van der Waals surface area contributed by atoms with Gasteiger partial charge in [-0.05, 0) is 13.8 Å². The van der Waals surface area contributed by atoms with Crippen molar-refractivity contribution in [2.24, 2.45) is 0 Å². The number of methoxy groups -OCH3 is 1. The van der Waals surface area contributed by atoms with Crippen LogP contribution in [0.5, 0.6) is 5.75 Å². The van der Waals surface area contributed by atoms with E-state index in [1.807, 2.05) is 18.7 Å². The number of likely N-dealkylation sites (tertiary alicyclic amines) is 1. The third kappa shape index (κ3) is 3.21. The predicted octanol–water partition coefficient (Wildman–Crippen LogP) is 2.94. The first-order valence-corrected chi connectivity index (χ1v) is 6.52. The number of halogens is 2. The van der Waals surface area contributed by atoms with Crippen molar-refractivity contribution in [1.82, 2.24) is 9.88 Å². The number of alkyl halides is 2. The molecule has 106 valence electrons. The minimum absolute atomic E-state index is 0.0605. The largest absolute Gasteiger partial charge is 0.496 e. The van der Waals surface area contributed by atoms with Gasteiger partial charge in [-0.3, -0.25) is 9.88 Å².